The lowest BCUT2D eigenvalue weighted by molar-refractivity contribution is 0.153. The Bertz CT molecular complexity index is 641. The topological polar surface area (TPSA) is 75.7 Å². The molecule has 0 aliphatic carbocycles. The van der Waals surface area contributed by atoms with E-state index < -0.39 is 16.1 Å². The quantitative estimate of drug-likeness (QED) is 0.729. The maximum atomic E-state index is 12.7. The number of alkyl carbamates (subject to hydrolysis) is 1. The number of carbonyl (C=O) groups is 1. The lowest BCUT2D eigenvalue weighted by Crippen LogP contribution is -2.31. The molecule has 0 saturated carbocycles. The first-order valence-corrected chi connectivity index (χ1v) is 10.6. The molecule has 6 nitrogen and oxygen atoms in total. The van der Waals surface area contributed by atoms with Crippen LogP contribution in [-0.4, -0.2) is 50.9 Å². The van der Waals surface area contributed by atoms with Crippen molar-refractivity contribution in [3.05, 3.63) is 29.8 Å². The van der Waals surface area contributed by atoms with Gasteiger partial charge in [0.1, 0.15) is 6.61 Å². The molecule has 1 heterocycles. The van der Waals surface area contributed by atoms with Gasteiger partial charge in [-0.15, -0.1) is 11.6 Å². The summed E-state index contributed by atoms with van der Waals surface area (Å²) in [6.07, 6.45) is 4.11. The Kier molecular flexibility index (Phi) is 7.99. The van der Waals surface area contributed by atoms with Crippen LogP contribution in [0.1, 0.15) is 31.2 Å². The minimum atomic E-state index is -3.42. The Balaban J connectivity index is 1.89. The van der Waals surface area contributed by atoms with Gasteiger partial charge in [-0.3, -0.25) is 0 Å². The molecular weight excluding hydrogens is 364 g/mol. The summed E-state index contributed by atoms with van der Waals surface area (Å²) in [7, 11) is -3.42. The molecule has 0 spiro atoms. The van der Waals surface area contributed by atoms with Crippen molar-refractivity contribution in [2.45, 2.75) is 37.0 Å². The summed E-state index contributed by atoms with van der Waals surface area (Å²) in [5, 5.41) is 2.62. The Hall–Kier alpha value is -1.31. The monoisotopic (exact) mass is 388 g/mol. The van der Waals surface area contributed by atoms with Gasteiger partial charge in [-0.05, 0) is 37.0 Å². The smallest absolute Gasteiger partial charge is 0.407 e. The lowest BCUT2D eigenvalue weighted by atomic mass is 10.1. The predicted molar refractivity (Wildman–Crippen MR) is 97.4 cm³/mol. The van der Waals surface area contributed by atoms with Crippen molar-refractivity contribution in [2.24, 2.45) is 0 Å². The summed E-state index contributed by atoms with van der Waals surface area (Å²) in [6.45, 7) is 1.78. The highest BCUT2D eigenvalue weighted by atomic mass is 35.5. The number of halogens is 1. The molecule has 1 N–H and O–H groups in total. The second kappa shape index (κ2) is 9.99. The minimum absolute atomic E-state index is 0.177. The number of amides is 1. The number of hydrogen-bond donors (Lipinski definition) is 1. The molecule has 1 aliphatic heterocycles. The number of benzene rings is 1. The number of ether oxygens (including phenoxy) is 1. The van der Waals surface area contributed by atoms with E-state index in [9.17, 15) is 13.2 Å². The predicted octanol–water partition coefficient (Wildman–Crippen LogP) is 2.76. The fourth-order valence-corrected chi connectivity index (χ4v) is 4.34. The number of carbonyl (C=O) groups excluding carboxylic acids is 1. The van der Waals surface area contributed by atoms with Crippen molar-refractivity contribution >= 4 is 27.7 Å². The molecule has 1 amide bonds. The lowest BCUT2D eigenvalue weighted by Gasteiger charge is -2.20. The van der Waals surface area contributed by atoms with E-state index in [1.54, 1.807) is 28.6 Å². The van der Waals surface area contributed by atoms with Gasteiger partial charge in [0.2, 0.25) is 10.0 Å². The van der Waals surface area contributed by atoms with Crippen molar-refractivity contribution in [1.82, 2.24) is 9.62 Å². The van der Waals surface area contributed by atoms with E-state index in [1.165, 1.54) is 0 Å². The van der Waals surface area contributed by atoms with Crippen LogP contribution in [0.4, 0.5) is 4.79 Å². The zero-order chi connectivity index (χ0) is 18.1. The Morgan fingerprint density at radius 3 is 2.36 bits per heavy atom. The number of nitrogens with zero attached hydrogens (tertiary/aromatic N) is 1. The third-order valence-corrected chi connectivity index (χ3v) is 6.19. The molecular formula is C17H25ClN2O4S. The number of nitrogens with one attached hydrogen (secondary N) is 1. The standard InChI is InChI=1S/C17H25ClN2O4S/c18-10-14-24-17(21)19-11-9-15-5-7-16(8-6-15)25(22,23)20-12-3-1-2-4-13-20/h5-8H,1-4,9-14H2,(H,19,21). The van der Waals surface area contributed by atoms with Crippen LogP contribution in [0.3, 0.4) is 0 Å². The van der Waals surface area contributed by atoms with Gasteiger partial charge in [-0.25, -0.2) is 13.2 Å². The van der Waals surface area contributed by atoms with Crippen LogP contribution < -0.4 is 5.32 Å². The van der Waals surface area contributed by atoms with E-state index in [0.29, 0.717) is 31.0 Å². The maximum absolute atomic E-state index is 12.7. The largest absolute Gasteiger partial charge is 0.448 e. The van der Waals surface area contributed by atoms with Gasteiger partial charge in [0.15, 0.2) is 0 Å². The van der Waals surface area contributed by atoms with Crippen LogP contribution in [-0.2, 0) is 21.2 Å². The van der Waals surface area contributed by atoms with Crippen LogP contribution in [0.15, 0.2) is 29.2 Å². The minimum Gasteiger partial charge on any atom is -0.448 e. The van der Waals surface area contributed by atoms with E-state index in [2.05, 4.69) is 5.32 Å². The zero-order valence-corrected chi connectivity index (χ0v) is 15.8. The Morgan fingerprint density at radius 2 is 1.76 bits per heavy atom. The summed E-state index contributed by atoms with van der Waals surface area (Å²) in [6, 6.07) is 6.86. The zero-order valence-electron chi connectivity index (χ0n) is 14.2. The molecule has 0 radical (unpaired) electrons. The molecule has 2 rings (SSSR count). The first-order valence-electron chi connectivity index (χ1n) is 8.60. The fourth-order valence-electron chi connectivity index (χ4n) is 2.75. The van der Waals surface area contributed by atoms with Crippen LogP contribution in [0.25, 0.3) is 0 Å². The highest BCUT2D eigenvalue weighted by molar-refractivity contribution is 7.89. The first-order chi connectivity index (χ1) is 12.0. The van der Waals surface area contributed by atoms with E-state index in [4.69, 9.17) is 16.3 Å². The van der Waals surface area contributed by atoms with Crippen molar-refractivity contribution in [2.75, 3.05) is 32.1 Å². The van der Waals surface area contributed by atoms with Crippen LogP contribution >= 0.6 is 11.6 Å². The van der Waals surface area contributed by atoms with Crippen molar-refractivity contribution in [3.63, 3.8) is 0 Å². The van der Waals surface area contributed by atoms with Gasteiger partial charge in [-0.2, -0.15) is 4.31 Å². The average Bonchev–Trinajstić information content (AvgIpc) is 2.90. The summed E-state index contributed by atoms with van der Waals surface area (Å²) in [4.78, 5) is 11.6. The van der Waals surface area contributed by atoms with Crippen LogP contribution in [0.2, 0.25) is 0 Å². The molecule has 1 aliphatic rings. The summed E-state index contributed by atoms with van der Waals surface area (Å²) in [5.74, 6) is 0.264. The molecule has 140 valence electrons. The van der Waals surface area contributed by atoms with Gasteiger partial charge >= 0.3 is 6.09 Å². The average molecular weight is 389 g/mol. The van der Waals surface area contributed by atoms with E-state index in [1.807, 2.05) is 0 Å². The highest BCUT2D eigenvalue weighted by Gasteiger charge is 2.24. The molecule has 0 bridgehead atoms. The summed E-state index contributed by atoms with van der Waals surface area (Å²) in [5.41, 5.74) is 0.951. The molecule has 25 heavy (non-hydrogen) atoms. The summed E-state index contributed by atoms with van der Waals surface area (Å²) < 4.78 is 31.8. The van der Waals surface area contributed by atoms with Crippen molar-refractivity contribution < 1.29 is 17.9 Å². The third-order valence-electron chi connectivity index (χ3n) is 4.12. The molecule has 0 atom stereocenters. The van der Waals surface area contributed by atoms with Crippen molar-refractivity contribution in [3.8, 4) is 0 Å². The molecule has 1 aromatic rings. The number of rotatable bonds is 7. The molecule has 1 aromatic carbocycles. The van der Waals surface area contributed by atoms with Gasteiger partial charge in [-0.1, -0.05) is 25.0 Å². The summed E-state index contributed by atoms with van der Waals surface area (Å²) >= 11 is 5.43. The molecule has 8 heteroatoms. The van der Waals surface area contributed by atoms with Crippen LogP contribution in [0.5, 0.6) is 0 Å². The molecule has 1 saturated heterocycles. The van der Waals surface area contributed by atoms with Crippen LogP contribution in [0, 0.1) is 0 Å². The SMILES string of the molecule is O=C(NCCc1ccc(S(=O)(=O)N2CCCCCC2)cc1)OCCCl. The van der Waals surface area contributed by atoms with E-state index in [0.717, 1.165) is 31.2 Å². The maximum Gasteiger partial charge on any atom is 0.407 e. The van der Waals surface area contributed by atoms with E-state index >= 15 is 0 Å². The Morgan fingerprint density at radius 1 is 1.12 bits per heavy atom. The second-order valence-electron chi connectivity index (χ2n) is 5.96. The normalized spacial score (nSPS) is 16.2. The Labute approximate surface area is 154 Å². The van der Waals surface area contributed by atoms with Gasteiger partial charge in [0.25, 0.3) is 0 Å². The van der Waals surface area contributed by atoms with Crippen molar-refractivity contribution in [1.29, 1.82) is 0 Å². The molecule has 0 aromatic heterocycles. The number of alkyl halides is 1. The van der Waals surface area contributed by atoms with E-state index in [-0.39, 0.29) is 12.5 Å². The van der Waals surface area contributed by atoms with Gasteiger partial charge in [0.05, 0.1) is 10.8 Å². The number of sulfonamides is 1. The second-order valence-corrected chi connectivity index (χ2v) is 8.28. The first kappa shape index (κ1) is 20.0. The molecule has 0 unspecified atom stereocenters. The fraction of sp³-hybridized carbons (Fsp3) is 0.588. The number of hydrogen-bond acceptors (Lipinski definition) is 4. The molecule has 1 fully saturated rings. The van der Waals surface area contributed by atoms with Gasteiger partial charge < -0.3 is 10.1 Å². The third kappa shape index (κ3) is 6.17. The van der Waals surface area contributed by atoms with Gasteiger partial charge in [0, 0.05) is 19.6 Å². The highest BCUT2D eigenvalue weighted by Crippen LogP contribution is 2.20.